The molecule has 0 spiro atoms. The third-order valence-corrected chi connectivity index (χ3v) is 2.56. The number of hydrogen-bond donors (Lipinski definition) is 2. The van der Waals surface area contributed by atoms with Crippen LogP contribution in [0.1, 0.15) is 13.3 Å². The van der Waals surface area contributed by atoms with Crippen molar-refractivity contribution in [3.05, 3.63) is 12.7 Å². The van der Waals surface area contributed by atoms with Crippen LogP contribution in [0.2, 0.25) is 0 Å². The molecule has 14 heavy (non-hydrogen) atoms. The quantitative estimate of drug-likeness (QED) is 0.375. The van der Waals surface area contributed by atoms with Crippen LogP contribution >= 0.6 is 0 Å². The van der Waals surface area contributed by atoms with Gasteiger partial charge in [-0.25, -0.2) is 0 Å². The lowest BCUT2D eigenvalue weighted by molar-refractivity contribution is -0.0386. The van der Waals surface area contributed by atoms with Crippen LogP contribution in [0.15, 0.2) is 12.7 Å². The maximum absolute atomic E-state index is 5.64. The van der Waals surface area contributed by atoms with Crippen molar-refractivity contribution in [3.8, 4) is 0 Å². The van der Waals surface area contributed by atoms with E-state index >= 15 is 0 Å². The van der Waals surface area contributed by atoms with Crippen LogP contribution in [0.25, 0.3) is 0 Å². The summed E-state index contributed by atoms with van der Waals surface area (Å²) in [5, 5.41) is 0. The van der Waals surface area contributed by atoms with E-state index in [1.165, 1.54) is 6.42 Å². The lowest BCUT2D eigenvalue weighted by atomic mass is 10.1. The minimum absolute atomic E-state index is 0.0506. The number of hydrogen-bond acceptors (Lipinski definition) is 4. The molecule has 4 nitrogen and oxygen atoms in total. The van der Waals surface area contributed by atoms with E-state index in [2.05, 4.69) is 23.8 Å². The molecule has 0 aromatic heterocycles. The van der Waals surface area contributed by atoms with Gasteiger partial charge in [0.1, 0.15) is 0 Å². The predicted molar refractivity (Wildman–Crippen MR) is 57.8 cm³/mol. The minimum Gasteiger partial charge on any atom is -0.374 e. The highest BCUT2D eigenvalue weighted by Gasteiger charge is 2.24. The smallest absolute Gasteiger partial charge is 0.0903 e. The van der Waals surface area contributed by atoms with Gasteiger partial charge in [0.05, 0.1) is 18.8 Å². The molecule has 0 aromatic carbocycles. The second-order valence-corrected chi connectivity index (χ2v) is 3.64. The molecule has 0 saturated carbocycles. The zero-order valence-electron chi connectivity index (χ0n) is 8.91. The van der Waals surface area contributed by atoms with E-state index < -0.39 is 0 Å². The lowest BCUT2D eigenvalue weighted by Crippen LogP contribution is -2.53. The van der Waals surface area contributed by atoms with Crippen molar-refractivity contribution >= 4 is 0 Å². The van der Waals surface area contributed by atoms with E-state index in [0.717, 1.165) is 26.2 Å². The number of ether oxygens (including phenoxy) is 1. The van der Waals surface area contributed by atoms with Gasteiger partial charge in [-0.15, -0.1) is 6.58 Å². The molecule has 1 saturated heterocycles. The average molecular weight is 199 g/mol. The third kappa shape index (κ3) is 3.06. The van der Waals surface area contributed by atoms with Gasteiger partial charge in [-0.2, -0.15) is 0 Å². The second-order valence-electron chi connectivity index (χ2n) is 3.64. The Hall–Kier alpha value is -0.420. The Bertz CT molecular complexity index is 173. The molecular weight excluding hydrogens is 178 g/mol. The zero-order valence-corrected chi connectivity index (χ0v) is 8.91. The molecule has 1 fully saturated rings. The van der Waals surface area contributed by atoms with Crippen molar-refractivity contribution in [1.82, 2.24) is 10.3 Å². The molecule has 3 N–H and O–H groups in total. The highest BCUT2D eigenvalue weighted by Crippen LogP contribution is 2.09. The Morgan fingerprint density at radius 2 is 2.57 bits per heavy atom. The predicted octanol–water partition coefficient (Wildman–Crippen LogP) is 0.115. The summed E-state index contributed by atoms with van der Waals surface area (Å²) in [4.78, 5) is 2.40. The van der Waals surface area contributed by atoms with Gasteiger partial charge in [0.25, 0.3) is 0 Å². The zero-order chi connectivity index (χ0) is 10.4. The van der Waals surface area contributed by atoms with Crippen molar-refractivity contribution in [1.29, 1.82) is 0 Å². The second kappa shape index (κ2) is 6.14. The van der Waals surface area contributed by atoms with E-state index in [1.54, 1.807) is 6.08 Å². The molecule has 82 valence electrons. The number of rotatable bonds is 5. The Morgan fingerprint density at radius 1 is 1.79 bits per heavy atom. The van der Waals surface area contributed by atoms with Gasteiger partial charge in [0, 0.05) is 13.1 Å². The van der Waals surface area contributed by atoms with Crippen LogP contribution in [-0.2, 0) is 4.74 Å². The monoisotopic (exact) mass is 199 g/mol. The molecule has 0 aromatic rings. The Morgan fingerprint density at radius 3 is 3.14 bits per heavy atom. The van der Waals surface area contributed by atoms with Crippen LogP contribution in [0.4, 0.5) is 0 Å². The third-order valence-electron chi connectivity index (χ3n) is 2.56. The van der Waals surface area contributed by atoms with Crippen LogP contribution < -0.4 is 11.3 Å². The standard InChI is InChI=1S/C10H21N3O/c1-3-5-13-6-7-14-10(8-13)9(4-2)12-11/h4,9-10,12H,2-3,5-8,11H2,1H3. The molecule has 2 unspecified atom stereocenters. The molecule has 2 atom stereocenters. The summed E-state index contributed by atoms with van der Waals surface area (Å²) >= 11 is 0. The maximum Gasteiger partial charge on any atom is 0.0903 e. The summed E-state index contributed by atoms with van der Waals surface area (Å²) in [5.74, 6) is 5.41. The summed E-state index contributed by atoms with van der Waals surface area (Å²) in [6.07, 6.45) is 3.12. The summed E-state index contributed by atoms with van der Waals surface area (Å²) in [6, 6.07) is 0.0506. The summed E-state index contributed by atoms with van der Waals surface area (Å²) in [7, 11) is 0. The van der Waals surface area contributed by atoms with Gasteiger partial charge in [-0.05, 0) is 13.0 Å². The molecule has 0 aliphatic carbocycles. The first kappa shape index (κ1) is 11.7. The highest BCUT2D eigenvalue weighted by molar-refractivity contribution is 4.93. The first-order chi connectivity index (χ1) is 6.81. The molecular formula is C10H21N3O. The Balaban J connectivity index is 2.41. The van der Waals surface area contributed by atoms with Crippen LogP contribution in [0, 0.1) is 0 Å². The van der Waals surface area contributed by atoms with Gasteiger partial charge in [-0.1, -0.05) is 13.0 Å². The number of hydrazine groups is 1. The summed E-state index contributed by atoms with van der Waals surface area (Å²) in [6.45, 7) is 9.82. The molecule has 0 amide bonds. The Kier molecular flexibility index (Phi) is 5.11. The van der Waals surface area contributed by atoms with Crippen molar-refractivity contribution in [2.24, 2.45) is 5.84 Å². The van der Waals surface area contributed by atoms with E-state index in [1.807, 2.05) is 0 Å². The molecule has 1 aliphatic rings. The highest BCUT2D eigenvalue weighted by atomic mass is 16.5. The molecule has 0 bridgehead atoms. The summed E-state index contributed by atoms with van der Waals surface area (Å²) < 4.78 is 5.64. The lowest BCUT2D eigenvalue weighted by Gasteiger charge is -2.35. The van der Waals surface area contributed by atoms with Gasteiger partial charge in [0.15, 0.2) is 0 Å². The first-order valence-corrected chi connectivity index (χ1v) is 5.24. The van der Waals surface area contributed by atoms with E-state index in [0.29, 0.717) is 0 Å². The average Bonchev–Trinajstić information content (AvgIpc) is 2.21. The van der Waals surface area contributed by atoms with Crippen molar-refractivity contribution in [3.63, 3.8) is 0 Å². The maximum atomic E-state index is 5.64. The molecule has 1 heterocycles. The number of nitrogens with one attached hydrogen (secondary N) is 1. The number of nitrogens with two attached hydrogens (primary N) is 1. The summed E-state index contributed by atoms with van der Waals surface area (Å²) in [5.41, 5.74) is 2.71. The number of nitrogens with zero attached hydrogens (tertiary/aromatic N) is 1. The largest absolute Gasteiger partial charge is 0.374 e. The van der Waals surface area contributed by atoms with Crippen molar-refractivity contribution in [2.75, 3.05) is 26.2 Å². The van der Waals surface area contributed by atoms with Crippen molar-refractivity contribution in [2.45, 2.75) is 25.5 Å². The van der Waals surface area contributed by atoms with Gasteiger partial charge >= 0.3 is 0 Å². The van der Waals surface area contributed by atoms with Crippen LogP contribution in [0.3, 0.4) is 0 Å². The fourth-order valence-corrected chi connectivity index (χ4v) is 1.80. The fourth-order valence-electron chi connectivity index (χ4n) is 1.80. The van der Waals surface area contributed by atoms with Crippen molar-refractivity contribution < 1.29 is 4.74 Å². The van der Waals surface area contributed by atoms with Crippen LogP contribution in [-0.4, -0.2) is 43.3 Å². The SMILES string of the molecule is C=CC(NN)C1CN(CCC)CCO1. The molecule has 1 aliphatic heterocycles. The van der Waals surface area contributed by atoms with E-state index in [9.17, 15) is 0 Å². The minimum atomic E-state index is 0.0506. The normalized spacial score (nSPS) is 26.0. The van der Waals surface area contributed by atoms with Gasteiger partial charge in [-0.3, -0.25) is 16.2 Å². The number of morpholine rings is 1. The molecule has 1 rings (SSSR count). The van der Waals surface area contributed by atoms with E-state index in [-0.39, 0.29) is 12.1 Å². The Labute approximate surface area is 86.1 Å². The van der Waals surface area contributed by atoms with Gasteiger partial charge in [0.2, 0.25) is 0 Å². The fraction of sp³-hybridized carbons (Fsp3) is 0.800. The molecule has 0 radical (unpaired) electrons. The van der Waals surface area contributed by atoms with E-state index in [4.69, 9.17) is 10.6 Å². The van der Waals surface area contributed by atoms with Crippen LogP contribution in [0.5, 0.6) is 0 Å². The topological polar surface area (TPSA) is 50.5 Å². The molecule has 4 heteroatoms. The van der Waals surface area contributed by atoms with Gasteiger partial charge < -0.3 is 4.74 Å². The first-order valence-electron chi connectivity index (χ1n) is 5.24.